The van der Waals surface area contributed by atoms with Crippen LogP contribution >= 0.6 is 0 Å². The van der Waals surface area contributed by atoms with E-state index in [0.29, 0.717) is 22.9 Å². The Labute approximate surface area is 207 Å². The molecule has 194 valence electrons. The maximum absolute atomic E-state index is 13.6. The summed E-state index contributed by atoms with van der Waals surface area (Å²) < 4.78 is 96.4. The topological polar surface area (TPSA) is 109 Å². The van der Waals surface area contributed by atoms with Crippen molar-refractivity contribution in [1.29, 1.82) is 0 Å². The van der Waals surface area contributed by atoms with Gasteiger partial charge in [0.25, 0.3) is 0 Å². The highest BCUT2D eigenvalue weighted by Crippen LogP contribution is 2.33. The Hall–Kier alpha value is -4.20. The Morgan fingerprint density at radius 3 is 2.46 bits per heavy atom. The lowest BCUT2D eigenvalue weighted by Gasteiger charge is -2.16. The average Bonchev–Trinajstić information content (AvgIpc) is 3.28. The molecule has 0 saturated carbocycles. The highest BCUT2D eigenvalue weighted by Gasteiger charge is 2.35. The van der Waals surface area contributed by atoms with Crippen molar-refractivity contribution in [2.75, 3.05) is 15.8 Å². The van der Waals surface area contributed by atoms with Crippen molar-refractivity contribution < 1.29 is 35.1 Å². The standard InChI is InChI=1S/C23H18F5N5O3S/c24-16-6-4-14(9-17(16)25)12-36-20-10-15(5-7-18(20)33-37(34,35)13-23(26,27)28)19-11-22(32-31-19)30-21-3-1-2-8-29-21/h1-11,33H,12-13H2,(H2,29,30,31,32). The van der Waals surface area contributed by atoms with E-state index >= 15 is 0 Å². The number of alkyl halides is 3. The van der Waals surface area contributed by atoms with Gasteiger partial charge in [-0.3, -0.25) is 9.82 Å². The van der Waals surface area contributed by atoms with Crippen molar-refractivity contribution in [3.63, 3.8) is 0 Å². The van der Waals surface area contributed by atoms with Gasteiger partial charge in [0.15, 0.2) is 23.2 Å². The molecular formula is C23H18F5N5O3S. The number of nitrogens with zero attached hydrogens (tertiary/aromatic N) is 2. The maximum atomic E-state index is 13.6. The first kappa shape index (κ1) is 25.9. The van der Waals surface area contributed by atoms with Crippen LogP contribution in [-0.4, -0.2) is 35.5 Å². The summed E-state index contributed by atoms with van der Waals surface area (Å²) in [4.78, 5) is 4.13. The minimum atomic E-state index is -4.97. The summed E-state index contributed by atoms with van der Waals surface area (Å²) in [7, 11) is -4.82. The van der Waals surface area contributed by atoms with Crippen LogP contribution in [0.1, 0.15) is 5.56 Å². The molecule has 0 saturated heterocycles. The van der Waals surface area contributed by atoms with Gasteiger partial charge >= 0.3 is 6.18 Å². The monoisotopic (exact) mass is 539 g/mol. The Balaban J connectivity index is 1.62. The summed E-state index contributed by atoms with van der Waals surface area (Å²) in [5, 5.41) is 9.88. The average molecular weight is 539 g/mol. The number of sulfonamides is 1. The minimum Gasteiger partial charge on any atom is -0.487 e. The van der Waals surface area contributed by atoms with Gasteiger partial charge in [-0.1, -0.05) is 18.2 Å². The van der Waals surface area contributed by atoms with Crippen LogP contribution in [0.25, 0.3) is 11.3 Å². The number of nitrogens with one attached hydrogen (secondary N) is 3. The van der Waals surface area contributed by atoms with E-state index in [4.69, 9.17) is 4.74 Å². The van der Waals surface area contributed by atoms with Gasteiger partial charge in [-0.15, -0.1) is 0 Å². The molecule has 0 atom stereocenters. The highest BCUT2D eigenvalue weighted by molar-refractivity contribution is 7.92. The van der Waals surface area contributed by atoms with E-state index in [-0.39, 0.29) is 23.6 Å². The molecule has 2 aromatic heterocycles. The molecule has 14 heteroatoms. The summed E-state index contributed by atoms with van der Waals surface area (Å²) in [5.41, 5.74) is 0.833. The second-order valence-electron chi connectivity index (χ2n) is 7.73. The summed E-state index contributed by atoms with van der Waals surface area (Å²) in [5.74, 6) is -3.50. The summed E-state index contributed by atoms with van der Waals surface area (Å²) in [6.45, 7) is -0.329. The van der Waals surface area contributed by atoms with Crippen LogP contribution < -0.4 is 14.8 Å². The molecule has 3 N–H and O–H groups in total. The number of halogens is 5. The van der Waals surface area contributed by atoms with Crippen molar-refractivity contribution in [2.24, 2.45) is 0 Å². The smallest absolute Gasteiger partial charge is 0.404 e. The molecule has 0 amide bonds. The summed E-state index contributed by atoms with van der Waals surface area (Å²) in [6, 6.07) is 13.9. The zero-order chi connectivity index (χ0) is 26.6. The first-order valence-corrected chi connectivity index (χ1v) is 12.1. The number of H-pyrrole nitrogens is 1. The number of rotatable bonds is 9. The molecule has 0 bridgehead atoms. The fourth-order valence-corrected chi connectivity index (χ4v) is 4.21. The van der Waals surface area contributed by atoms with E-state index in [9.17, 15) is 30.4 Å². The molecule has 0 fully saturated rings. The number of benzene rings is 2. The van der Waals surface area contributed by atoms with Crippen molar-refractivity contribution >= 4 is 27.3 Å². The Morgan fingerprint density at radius 2 is 1.76 bits per heavy atom. The van der Waals surface area contributed by atoms with Gasteiger partial charge in [-0.2, -0.15) is 18.3 Å². The van der Waals surface area contributed by atoms with Gasteiger partial charge in [0.2, 0.25) is 10.0 Å². The van der Waals surface area contributed by atoms with E-state index in [2.05, 4.69) is 20.5 Å². The molecule has 0 unspecified atom stereocenters. The van der Waals surface area contributed by atoms with Crippen molar-refractivity contribution in [2.45, 2.75) is 12.8 Å². The zero-order valence-electron chi connectivity index (χ0n) is 18.7. The van der Waals surface area contributed by atoms with E-state index < -0.39 is 33.6 Å². The fraction of sp³-hybridized carbons (Fsp3) is 0.130. The summed E-state index contributed by atoms with van der Waals surface area (Å²) >= 11 is 0. The molecule has 0 radical (unpaired) electrons. The molecule has 0 aliphatic heterocycles. The SMILES string of the molecule is O=S(=O)(CC(F)(F)F)Nc1ccc(-c2cc(Nc3ccccn3)n[nH]2)cc1OCc1ccc(F)c(F)c1. The number of hydrogen-bond acceptors (Lipinski definition) is 6. The molecule has 4 rings (SSSR count). The van der Waals surface area contributed by atoms with Crippen LogP contribution in [0, 0.1) is 11.6 Å². The third kappa shape index (κ3) is 7.16. The van der Waals surface area contributed by atoms with Gasteiger partial charge in [-0.25, -0.2) is 22.2 Å². The lowest BCUT2D eigenvalue weighted by molar-refractivity contribution is -0.106. The second-order valence-corrected chi connectivity index (χ2v) is 9.45. The van der Waals surface area contributed by atoms with Crippen LogP contribution in [-0.2, 0) is 16.6 Å². The van der Waals surface area contributed by atoms with Crippen molar-refractivity contribution in [3.8, 4) is 17.0 Å². The van der Waals surface area contributed by atoms with Crippen molar-refractivity contribution in [1.82, 2.24) is 15.2 Å². The predicted molar refractivity (Wildman–Crippen MR) is 126 cm³/mol. The second kappa shape index (κ2) is 10.4. The fourth-order valence-electron chi connectivity index (χ4n) is 3.20. The normalized spacial score (nSPS) is 11.8. The highest BCUT2D eigenvalue weighted by atomic mass is 32.2. The Kier molecular flexibility index (Phi) is 7.29. The molecule has 4 aromatic rings. The van der Waals surface area contributed by atoms with E-state index in [0.717, 1.165) is 12.1 Å². The molecule has 0 spiro atoms. The number of anilines is 3. The van der Waals surface area contributed by atoms with Gasteiger partial charge in [0, 0.05) is 17.8 Å². The number of aromatic amines is 1. The quantitative estimate of drug-likeness (QED) is 0.247. The third-order valence-electron chi connectivity index (χ3n) is 4.79. The summed E-state index contributed by atoms with van der Waals surface area (Å²) in [6.07, 6.45) is -3.38. The molecule has 37 heavy (non-hydrogen) atoms. The van der Waals surface area contributed by atoms with Gasteiger partial charge in [0.1, 0.15) is 18.2 Å². The lowest BCUT2D eigenvalue weighted by atomic mass is 10.1. The van der Waals surface area contributed by atoms with Gasteiger partial charge < -0.3 is 10.1 Å². The minimum absolute atomic E-state index is 0.151. The Morgan fingerprint density at radius 1 is 0.946 bits per heavy atom. The van der Waals surface area contributed by atoms with Crippen LogP contribution in [0.15, 0.2) is 66.9 Å². The number of aromatic nitrogens is 3. The third-order valence-corrected chi connectivity index (χ3v) is 6.03. The number of ether oxygens (including phenoxy) is 1. The first-order chi connectivity index (χ1) is 17.5. The van der Waals surface area contributed by atoms with Gasteiger partial charge in [0.05, 0.1) is 11.4 Å². The number of pyridine rings is 1. The molecule has 8 nitrogen and oxygen atoms in total. The number of hydrogen-bond donors (Lipinski definition) is 3. The zero-order valence-corrected chi connectivity index (χ0v) is 19.5. The van der Waals surface area contributed by atoms with Gasteiger partial charge in [-0.05, 0) is 42.0 Å². The molecule has 2 heterocycles. The largest absolute Gasteiger partial charge is 0.487 e. The van der Waals surface area contributed by atoms with E-state index in [1.807, 2.05) is 4.72 Å². The van der Waals surface area contributed by atoms with E-state index in [1.54, 1.807) is 30.5 Å². The molecule has 0 aliphatic carbocycles. The maximum Gasteiger partial charge on any atom is 0.404 e. The molecule has 0 aliphatic rings. The van der Waals surface area contributed by atoms with Crippen LogP contribution in [0.5, 0.6) is 5.75 Å². The molecular weight excluding hydrogens is 521 g/mol. The Bertz CT molecular complexity index is 1490. The first-order valence-electron chi connectivity index (χ1n) is 10.5. The lowest BCUT2D eigenvalue weighted by Crippen LogP contribution is -2.28. The molecule has 2 aromatic carbocycles. The van der Waals surface area contributed by atoms with Crippen LogP contribution in [0.2, 0.25) is 0 Å². The van der Waals surface area contributed by atoms with Crippen molar-refractivity contribution in [3.05, 3.63) is 84.1 Å². The van der Waals surface area contributed by atoms with Crippen LogP contribution in [0.3, 0.4) is 0 Å². The predicted octanol–water partition coefficient (Wildman–Crippen LogP) is 5.38. The van der Waals surface area contributed by atoms with Crippen LogP contribution in [0.4, 0.5) is 39.3 Å². The van der Waals surface area contributed by atoms with E-state index in [1.165, 1.54) is 24.3 Å².